The molecule has 0 spiro atoms. The third-order valence-corrected chi connectivity index (χ3v) is 4.52. The van der Waals surface area contributed by atoms with Crippen LogP contribution < -0.4 is 4.90 Å². The van der Waals surface area contributed by atoms with E-state index in [2.05, 4.69) is 40.2 Å². The zero-order chi connectivity index (χ0) is 14.2. The highest BCUT2D eigenvalue weighted by molar-refractivity contribution is 5.99. The number of rotatable bonds is 2. The third-order valence-electron chi connectivity index (χ3n) is 4.52. The van der Waals surface area contributed by atoms with Crippen molar-refractivity contribution in [3.05, 3.63) is 72.6 Å². The summed E-state index contributed by atoms with van der Waals surface area (Å²) in [5.41, 5.74) is 2.39. The van der Waals surface area contributed by atoms with Crippen molar-refractivity contribution in [2.24, 2.45) is 0 Å². The molecule has 3 atom stereocenters. The minimum absolute atomic E-state index is 0.0411. The van der Waals surface area contributed by atoms with Gasteiger partial charge in [-0.2, -0.15) is 0 Å². The quantitative estimate of drug-likeness (QED) is 0.845. The van der Waals surface area contributed by atoms with Gasteiger partial charge in [-0.05, 0) is 42.3 Å². The number of nitrogens with zero attached hydrogens (tertiary/aromatic N) is 2. The van der Waals surface area contributed by atoms with Gasteiger partial charge in [-0.25, -0.2) is 0 Å². The van der Waals surface area contributed by atoms with Gasteiger partial charge in [0.05, 0.1) is 12.1 Å². The van der Waals surface area contributed by atoms with Crippen molar-refractivity contribution in [1.82, 2.24) is 4.98 Å². The Labute approximate surface area is 123 Å². The van der Waals surface area contributed by atoms with E-state index in [4.69, 9.17) is 0 Å². The maximum Gasteiger partial charge on any atom is 0.177 e. The van der Waals surface area contributed by atoms with E-state index in [1.54, 1.807) is 6.08 Å². The second-order valence-corrected chi connectivity index (χ2v) is 5.63. The van der Waals surface area contributed by atoms with Crippen LogP contribution in [0.3, 0.4) is 0 Å². The predicted molar refractivity (Wildman–Crippen MR) is 82.2 cm³/mol. The van der Waals surface area contributed by atoms with E-state index in [0.29, 0.717) is 5.92 Å². The van der Waals surface area contributed by atoms with Crippen LogP contribution in [0.1, 0.15) is 17.9 Å². The Balaban J connectivity index is 1.76. The maximum absolute atomic E-state index is 12.3. The Hall–Kier alpha value is -2.42. The molecule has 2 bridgehead atoms. The summed E-state index contributed by atoms with van der Waals surface area (Å²) in [4.78, 5) is 18.6. The van der Waals surface area contributed by atoms with Gasteiger partial charge >= 0.3 is 0 Å². The van der Waals surface area contributed by atoms with Gasteiger partial charge in [-0.3, -0.25) is 9.78 Å². The summed E-state index contributed by atoms with van der Waals surface area (Å²) in [7, 11) is 0. The van der Waals surface area contributed by atoms with Gasteiger partial charge < -0.3 is 4.90 Å². The normalized spacial score (nSPS) is 27.1. The fourth-order valence-corrected chi connectivity index (χ4v) is 3.58. The molecule has 1 fully saturated rings. The van der Waals surface area contributed by atoms with E-state index in [0.717, 1.165) is 12.1 Å². The minimum Gasteiger partial charge on any atom is -0.354 e. The Morgan fingerprint density at radius 2 is 1.81 bits per heavy atom. The number of benzene rings is 1. The van der Waals surface area contributed by atoms with Gasteiger partial charge in [0.2, 0.25) is 0 Å². The zero-order valence-electron chi connectivity index (χ0n) is 11.6. The molecule has 2 aromatic rings. The Kier molecular flexibility index (Phi) is 2.85. The van der Waals surface area contributed by atoms with E-state index in [1.807, 2.05) is 30.6 Å². The second kappa shape index (κ2) is 4.85. The first kappa shape index (κ1) is 12.3. The summed E-state index contributed by atoms with van der Waals surface area (Å²) in [6, 6.07) is 14.6. The lowest BCUT2D eigenvalue weighted by Gasteiger charge is -2.33. The molecule has 104 valence electrons. The number of hydrogen-bond acceptors (Lipinski definition) is 3. The lowest BCUT2D eigenvalue weighted by Crippen LogP contribution is -2.43. The van der Waals surface area contributed by atoms with E-state index in [1.165, 1.54) is 5.56 Å². The average Bonchev–Trinajstić information content (AvgIpc) is 2.85. The molecule has 0 radical (unpaired) electrons. The van der Waals surface area contributed by atoms with E-state index >= 15 is 0 Å². The number of aromatic nitrogens is 1. The molecule has 0 amide bonds. The van der Waals surface area contributed by atoms with Crippen molar-refractivity contribution in [2.45, 2.75) is 24.4 Å². The minimum atomic E-state index is -0.0411. The molecule has 21 heavy (non-hydrogen) atoms. The van der Waals surface area contributed by atoms with Crippen LogP contribution in [0.25, 0.3) is 0 Å². The Morgan fingerprint density at radius 1 is 1.05 bits per heavy atom. The van der Waals surface area contributed by atoms with Gasteiger partial charge in [0.25, 0.3) is 0 Å². The number of carbonyl (C=O) groups is 1. The van der Waals surface area contributed by atoms with Crippen LogP contribution in [0, 0.1) is 0 Å². The molecule has 3 unspecified atom stereocenters. The fourth-order valence-electron chi connectivity index (χ4n) is 3.58. The maximum atomic E-state index is 12.3. The lowest BCUT2D eigenvalue weighted by molar-refractivity contribution is -0.115. The monoisotopic (exact) mass is 276 g/mol. The standard InChI is InChI=1S/C18H16N2O/c21-18-7-6-16-15(13-8-10-19-11-9-13)12-17(18)20(16)14-4-2-1-3-5-14/h1-11,15-17H,12H2. The smallest absolute Gasteiger partial charge is 0.177 e. The highest BCUT2D eigenvalue weighted by Gasteiger charge is 2.45. The van der Waals surface area contributed by atoms with Crippen molar-refractivity contribution < 1.29 is 4.79 Å². The Morgan fingerprint density at radius 3 is 2.57 bits per heavy atom. The number of pyridine rings is 1. The van der Waals surface area contributed by atoms with E-state index in [-0.39, 0.29) is 17.9 Å². The van der Waals surface area contributed by atoms with Crippen molar-refractivity contribution in [3.63, 3.8) is 0 Å². The molecule has 0 saturated carbocycles. The molecule has 2 aliphatic rings. The number of ketones is 1. The topological polar surface area (TPSA) is 33.2 Å². The summed E-state index contributed by atoms with van der Waals surface area (Å²) >= 11 is 0. The van der Waals surface area contributed by atoms with Crippen LogP contribution in [0.5, 0.6) is 0 Å². The van der Waals surface area contributed by atoms with Gasteiger partial charge in [0.15, 0.2) is 5.78 Å². The number of hydrogen-bond donors (Lipinski definition) is 0. The molecular formula is C18H16N2O. The van der Waals surface area contributed by atoms with Crippen LogP contribution in [0.15, 0.2) is 67.0 Å². The van der Waals surface area contributed by atoms with Crippen molar-refractivity contribution >= 4 is 11.5 Å². The molecule has 2 aliphatic heterocycles. The summed E-state index contributed by atoms with van der Waals surface area (Å²) in [6.07, 6.45) is 8.35. The number of anilines is 1. The van der Waals surface area contributed by atoms with Gasteiger partial charge in [-0.15, -0.1) is 0 Å². The van der Waals surface area contributed by atoms with Crippen molar-refractivity contribution in [2.75, 3.05) is 4.90 Å². The second-order valence-electron chi connectivity index (χ2n) is 5.63. The van der Waals surface area contributed by atoms with Crippen molar-refractivity contribution in [3.8, 4) is 0 Å². The molecule has 0 N–H and O–H groups in total. The highest BCUT2D eigenvalue weighted by atomic mass is 16.1. The first-order chi connectivity index (χ1) is 10.3. The third kappa shape index (κ3) is 1.97. The fraction of sp³-hybridized carbons (Fsp3) is 0.222. The molecule has 1 aromatic carbocycles. The van der Waals surface area contributed by atoms with Gasteiger partial charge in [-0.1, -0.05) is 24.3 Å². The molecule has 3 nitrogen and oxygen atoms in total. The van der Waals surface area contributed by atoms with E-state index < -0.39 is 0 Å². The Bertz CT molecular complexity index is 681. The SMILES string of the molecule is O=C1C=CC2C(c3ccncc3)CC1N2c1ccccc1. The van der Waals surface area contributed by atoms with E-state index in [9.17, 15) is 4.79 Å². The number of fused-ring (bicyclic) bond motifs is 2. The molecule has 4 rings (SSSR count). The van der Waals surface area contributed by atoms with Crippen LogP contribution >= 0.6 is 0 Å². The molecule has 1 saturated heterocycles. The summed E-state index contributed by atoms with van der Waals surface area (Å²) in [5, 5.41) is 0. The molecule has 1 aromatic heterocycles. The zero-order valence-corrected chi connectivity index (χ0v) is 11.6. The summed E-state index contributed by atoms with van der Waals surface area (Å²) < 4.78 is 0. The van der Waals surface area contributed by atoms with Crippen LogP contribution in [-0.4, -0.2) is 22.9 Å². The van der Waals surface area contributed by atoms with Gasteiger partial charge in [0.1, 0.15) is 0 Å². The van der Waals surface area contributed by atoms with Crippen LogP contribution in [0.4, 0.5) is 5.69 Å². The van der Waals surface area contributed by atoms with Crippen molar-refractivity contribution in [1.29, 1.82) is 0 Å². The largest absolute Gasteiger partial charge is 0.354 e. The van der Waals surface area contributed by atoms with Gasteiger partial charge in [0, 0.05) is 24.0 Å². The number of carbonyl (C=O) groups excluding carboxylic acids is 1. The molecular weight excluding hydrogens is 260 g/mol. The summed E-state index contributed by atoms with van der Waals surface area (Å²) in [6.45, 7) is 0. The molecule has 0 aliphatic carbocycles. The molecule has 3 heterocycles. The van der Waals surface area contributed by atoms with Crippen LogP contribution in [-0.2, 0) is 4.79 Å². The predicted octanol–water partition coefficient (Wildman–Crippen LogP) is 2.95. The average molecular weight is 276 g/mol. The lowest BCUT2D eigenvalue weighted by atomic mass is 9.92. The highest BCUT2D eigenvalue weighted by Crippen LogP contribution is 2.43. The first-order valence-corrected chi connectivity index (χ1v) is 7.30. The number of para-hydroxylation sites is 1. The first-order valence-electron chi connectivity index (χ1n) is 7.30. The van der Waals surface area contributed by atoms with Crippen LogP contribution in [0.2, 0.25) is 0 Å². The molecule has 3 heteroatoms. The summed E-state index contributed by atoms with van der Waals surface area (Å²) in [5.74, 6) is 0.563.